The first-order valence-corrected chi connectivity index (χ1v) is 8.10. The maximum absolute atomic E-state index is 14.3. The van der Waals surface area contributed by atoms with E-state index in [0.717, 1.165) is 16.9 Å². The van der Waals surface area contributed by atoms with Crippen LogP contribution in [-0.4, -0.2) is 21.9 Å². The van der Waals surface area contributed by atoms with E-state index in [1.165, 1.54) is 29.0 Å². The summed E-state index contributed by atoms with van der Waals surface area (Å²) in [6.07, 6.45) is 2.86. The van der Waals surface area contributed by atoms with Crippen molar-refractivity contribution >= 4 is 0 Å². The number of hydrogen-bond donors (Lipinski definition) is 1. The normalized spacial score (nSPS) is 12.2. The van der Waals surface area contributed by atoms with E-state index in [9.17, 15) is 4.39 Å². The van der Waals surface area contributed by atoms with Gasteiger partial charge in [-0.3, -0.25) is 0 Å². The molecule has 0 radical (unpaired) electrons. The molecule has 3 rings (SSSR count). The fourth-order valence-electron chi connectivity index (χ4n) is 2.75. The molecule has 0 bridgehead atoms. The number of aromatic nitrogens is 3. The quantitative estimate of drug-likeness (QED) is 0.745. The first kappa shape index (κ1) is 17.1. The minimum Gasteiger partial charge on any atom is -0.496 e. The van der Waals surface area contributed by atoms with Gasteiger partial charge in [-0.15, -0.1) is 0 Å². The molecule has 1 heterocycles. The van der Waals surface area contributed by atoms with Crippen molar-refractivity contribution in [2.45, 2.75) is 26.4 Å². The van der Waals surface area contributed by atoms with Gasteiger partial charge in [0.25, 0.3) is 0 Å². The minimum absolute atomic E-state index is 0.0768. The van der Waals surface area contributed by atoms with E-state index in [-0.39, 0.29) is 11.9 Å². The van der Waals surface area contributed by atoms with Crippen LogP contribution in [0.5, 0.6) is 5.75 Å². The minimum atomic E-state index is -0.328. The van der Waals surface area contributed by atoms with E-state index >= 15 is 0 Å². The second kappa shape index (κ2) is 7.44. The molecule has 0 saturated heterocycles. The molecule has 0 saturated carbocycles. The van der Waals surface area contributed by atoms with E-state index in [4.69, 9.17) is 4.74 Å². The van der Waals surface area contributed by atoms with Gasteiger partial charge in [0.15, 0.2) is 0 Å². The maximum atomic E-state index is 14.3. The van der Waals surface area contributed by atoms with E-state index < -0.39 is 0 Å². The van der Waals surface area contributed by atoms with Crippen LogP contribution in [0, 0.1) is 12.7 Å². The number of ether oxygens (including phenoxy) is 1. The molecule has 0 unspecified atom stereocenters. The van der Waals surface area contributed by atoms with E-state index in [2.05, 4.69) is 28.4 Å². The zero-order chi connectivity index (χ0) is 17.8. The van der Waals surface area contributed by atoms with Gasteiger partial charge in [-0.25, -0.2) is 14.1 Å². The smallest absolute Gasteiger partial charge is 0.149 e. The van der Waals surface area contributed by atoms with Gasteiger partial charge >= 0.3 is 0 Å². The lowest BCUT2D eigenvalue weighted by atomic mass is 10.0. The Morgan fingerprint density at radius 1 is 1.24 bits per heavy atom. The predicted octanol–water partition coefficient (Wildman–Crippen LogP) is 3.57. The fourth-order valence-corrected chi connectivity index (χ4v) is 2.75. The Morgan fingerprint density at radius 2 is 2.08 bits per heavy atom. The van der Waals surface area contributed by atoms with Crippen LogP contribution in [0.4, 0.5) is 4.39 Å². The fraction of sp³-hybridized carbons (Fsp3) is 0.263. The van der Waals surface area contributed by atoms with Gasteiger partial charge < -0.3 is 10.1 Å². The first-order valence-electron chi connectivity index (χ1n) is 8.10. The van der Waals surface area contributed by atoms with Crippen LogP contribution < -0.4 is 10.1 Å². The Morgan fingerprint density at radius 3 is 2.76 bits per heavy atom. The maximum Gasteiger partial charge on any atom is 0.149 e. The first-order chi connectivity index (χ1) is 12.1. The van der Waals surface area contributed by atoms with Gasteiger partial charge in [0.2, 0.25) is 0 Å². The van der Waals surface area contributed by atoms with Crippen molar-refractivity contribution in [1.82, 2.24) is 20.1 Å². The van der Waals surface area contributed by atoms with Crippen LogP contribution in [0.25, 0.3) is 5.69 Å². The summed E-state index contributed by atoms with van der Waals surface area (Å²) >= 11 is 0. The van der Waals surface area contributed by atoms with Gasteiger partial charge in [-0.1, -0.05) is 23.8 Å². The van der Waals surface area contributed by atoms with Crippen molar-refractivity contribution in [3.05, 3.63) is 71.6 Å². The molecule has 0 aliphatic rings. The van der Waals surface area contributed by atoms with Gasteiger partial charge in [-0.2, -0.15) is 5.10 Å². The van der Waals surface area contributed by atoms with Crippen LogP contribution in [-0.2, 0) is 6.54 Å². The van der Waals surface area contributed by atoms with Crippen LogP contribution in [0.3, 0.4) is 0 Å². The van der Waals surface area contributed by atoms with Crippen LogP contribution >= 0.6 is 0 Å². The molecule has 6 heteroatoms. The Labute approximate surface area is 146 Å². The number of nitrogens with one attached hydrogen (secondary N) is 1. The average molecular weight is 340 g/mol. The molecule has 25 heavy (non-hydrogen) atoms. The molecule has 130 valence electrons. The molecule has 0 aliphatic heterocycles. The van der Waals surface area contributed by atoms with Crippen molar-refractivity contribution < 1.29 is 9.13 Å². The van der Waals surface area contributed by atoms with Crippen LogP contribution in [0.2, 0.25) is 0 Å². The Balaban J connectivity index is 1.71. The standard InChI is InChI=1S/C19H21FN4O/c1-13-4-7-19(25-3)16(8-13)14(2)22-10-15-5-6-18(17(20)9-15)24-12-21-11-23-24/h4-9,11-12,14,22H,10H2,1-3H3/t14-/m0/s1. The molecule has 0 spiro atoms. The molecule has 1 aromatic heterocycles. The summed E-state index contributed by atoms with van der Waals surface area (Å²) < 4.78 is 21.1. The molecule has 0 fully saturated rings. The van der Waals surface area contributed by atoms with Crippen molar-refractivity contribution in [2.24, 2.45) is 0 Å². The second-order valence-electron chi connectivity index (χ2n) is 5.97. The lowest BCUT2D eigenvalue weighted by Crippen LogP contribution is -2.19. The highest BCUT2D eigenvalue weighted by molar-refractivity contribution is 5.39. The lowest BCUT2D eigenvalue weighted by molar-refractivity contribution is 0.401. The number of methoxy groups -OCH3 is 1. The summed E-state index contributed by atoms with van der Waals surface area (Å²) in [6, 6.07) is 11.3. The van der Waals surface area contributed by atoms with Crippen LogP contribution in [0.15, 0.2) is 49.1 Å². The Hall–Kier alpha value is -2.73. The molecular formula is C19H21FN4O. The van der Waals surface area contributed by atoms with E-state index in [0.29, 0.717) is 12.2 Å². The third-order valence-corrected chi connectivity index (χ3v) is 4.14. The molecule has 2 aromatic carbocycles. The largest absolute Gasteiger partial charge is 0.496 e. The zero-order valence-electron chi connectivity index (χ0n) is 14.5. The molecule has 1 N–H and O–H groups in total. The summed E-state index contributed by atoms with van der Waals surface area (Å²) in [6.45, 7) is 4.66. The molecule has 0 aliphatic carbocycles. The van der Waals surface area contributed by atoms with E-state index in [1.54, 1.807) is 13.2 Å². The molecule has 0 amide bonds. The monoisotopic (exact) mass is 340 g/mol. The molecule has 5 nitrogen and oxygen atoms in total. The van der Waals surface area contributed by atoms with Crippen LogP contribution in [0.1, 0.15) is 29.7 Å². The SMILES string of the molecule is COc1ccc(C)cc1[C@H](C)NCc1ccc(-n2cncn2)c(F)c1. The number of aryl methyl sites for hydroxylation is 1. The molecule has 1 atom stereocenters. The highest BCUT2D eigenvalue weighted by Gasteiger charge is 2.12. The van der Waals surface area contributed by atoms with Crippen molar-refractivity contribution in [3.8, 4) is 11.4 Å². The predicted molar refractivity (Wildman–Crippen MR) is 94.3 cm³/mol. The van der Waals surface area contributed by atoms with Crippen molar-refractivity contribution in [2.75, 3.05) is 7.11 Å². The number of halogens is 1. The van der Waals surface area contributed by atoms with Crippen molar-refractivity contribution in [1.29, 1.82) is 0 Å². The van der Waals surface area contributed by atoms with Gasteiger partial charge in [0.1, 0.15) is 29.9 Å². The van der Waals surface area contributed by atoms with Crippen molar-refractivity contribution in [3.63, 3.8) is 0 Å². The molecular weight excluding hydrogens is 319 g/mol. The lowest BCUT2D eigenvalue weighted by Gasteiger charge is -2.18. The summed E-state index contributed by atoms with van der Waals surface area (Å²) in [4.78, 5) is 3.84. The Kier molecular flexibility index (Phi) is 5.09. The summed E-state index contributed by atoms with van der Waals surface area (Å²) in [5.41, 5.74) is 3.50. The molecule has 3 aromatic rings. The second-order valence-corrected chi connectivity index (χ2v) is 5.97. The highest BCUT2D eigenvalue weighted by Crippen LogP contribution is 2.26. The Bertz CT molecular complexity index is 849. The van der Waals surface area contributed by atoms with E-state index in [1.807, 2.05) is 25.1 Å². The summed E-state index contributed by atoms with van der Waals surface area (Å²) in [5, 5.41) is 7.37. The topological polar surface area (TPSA) is 52.0 Å². The third kappa shape index (κ3) is 3.85. The third-order valence-electron chi connectivity index (χ3n) is 4.14. The number of benzene rings is 2. The highest BCUT2D eigenvalue weighted by atomic mass is 19.1. The summed E-state index contributed by atoms with van der Waals surface area (Å²) in [7, 11) is 1.67. The van der Waals surface area contributed by atoms with Gasteiger partial charge in [0.05, 0.1) is 7.11 Å². The average Bonchev–Trinajstić information content (AvgIpc) is 3.14. The number of hydrogen-bond acceptors (Lipinski definition) is 4. The number of rotatable bonds is 6. The summed E-state index contributed by atoms with van der Waals surface area (Å²) in [5.74, 6) is 0.517. The van der Waals surface area contributed by atoms with Gasteiger partial charge in [-0.05, 0) is 37.6 Å². The number of nitrogens with zero attached hydrogens (tertiary/aromatic N) is 3. The van der Waals surface area contributed by atoms with Gasteiger partial charge in [0, 0.05) is 18.2 Å². The zero-order valence-corrected chi connectivity index (χ0v) is 14.5.